The number of anilines is 4. The second-order valence-electron chi connectivity index (χ2n) is 17.4. The molecule has 6 amide bonds. The SMILES string of the molecule is CCOC(=O)CC(=O)Nc1ccc(C#N)cc1.Cc1[c-]ccc(C(C)NC(=O)CC(=O)Nc2ccc(/C(N)=N\O)cc2)c1.Cc1[c-]ccc(C(C)NC(=O)CC(=O)Nc2ccc(C#N)cc2)c1.I.N#Cc1ccc(NC(=O)CC(=O)O)cc1.NO.[CH3-].[CH3-].[CH3-].[Na+].[OH-].[Pd].[Y].[Y]. The number of hydrogen-bond donors (Lipinski definition) is 11. The van der Waals surface area contributed by atoms with E-state index in [0.29, 0.717) is 45.0 Å². The predicted octanol–water partition coefficient (Wildman–Crippen LogP) is 5.51. The molecular formula is C63H73IN12NaO13PdY2-5. The summed E-state index contributed by atoms with van der Waals surface area (Å²) in [6.45, 7) is 9.51. The minimum Gasteiger partial charge on any atom is -0.870 e. The van der Waals surface area contributed by atoms with E-state index in [-0.39, 0.29) is 223 Å². The van der Waals surface area contributed by atoms with E-state index in [1.807, 2.05) is 76.2 Å². The minimum absolute atomic E-state index is 0. The van der Waals surface area contributed by atoms with E-state index in [4.69, 9.17) is 37.0 Å². The van der Waals surface area contributed by atoms with Crippen molar-refractivity contribution in [1.82, 2.24) is 10.6 Å². The number of carboxylic acids is 1. The molecular weight excluding hydrogens is 1570 g/mol. The Morgan fingerprint density at radius 3 is 1.11 bits per heavy atom. The fraction of sp³-hybridized carbons (Fsp3) is 0.190. The van der Waals surface area contributed by atoms with Crippen LogP contribution in [0.5, 0.6) is 0 Å². The number of nitrogens with one attached hydrogen (secondary N) is 6. The Labute approximate surface area is 646 Å². The molecule has 6 aromatic carbocycles. The van der Waals surface area contributed by atoms with E-state index in [2.05, 4.69) is 59.8 Å². The van der Waals surface area contributed by atoms with Gasteiger partial charge in [-0.05, 0) is 118 Å². The van der Waals surface area contributed by atoms with Crippen molar-refractivity contribution in [2.45, 2.75) is 72.4 Å². The Balaban J connectivity index is -0.000000169. The summed E-state index contributed by atoms with van der Waals surface area (Å²) in [6, 6.07) is 48.3. The van der Waals surface area contributed by atoms with Crippen molar-refractivity contribution in [3.8, 4) is 18.2 Å². The number of carbonyl (C=O) groups excluding carboxylic acids is 7. The van der Waals surface area contributed by atoms with Crippen LogP contribution in [0.15, 0.2) is 139 Å². The van der Waals surface area contributed by atoms with E-state index in [0.717, 1.165) is 22.3 Å². The molecule has 0 saturated heterocycles. The number of oxime groups is 1. The molecule has 0 bridgehead atoms. The van der Waals surface area contributed by atoms with Gasteiger partial charge in [-0.3, -0.25) is 38.4 Å². The molecule has 14 N–H and O–H groups in total. The third-order valence-corrected chi connectivity index (χ3v) is 10.7. The molecule has 0 aliphatic rings. The van der Waals surface area contributed by atoms with Crippen molar-refractivity contribution >= 4 is 99.9 Å². The van der Waals surface area contributed by atoms with E-state index in [1.54, 1.807) is 85.8 Å². The van der Waals surface area contributed by atoms with Gasteiger partial charge in [0.1, 0.15) is 25.7 Å². The molecule has 6 aromatic rings. The third-order valence-electron chi connectivity index (χ3n) is 10.7. The van der Waals surface area contributed by atoms with Crippen molar-refractivity contribution in [3.63, 3.8) is 0 Å². The standard InChI is InChI=1S/C19H21N4O3.C19H18N3O2.C12H12N2O3.C10H8N2O3.3CH3.HI.H3NO.Na.H2O.Pd.2Y/c1-12-4-3-5-15(10-12)13(2)21-17(24)11-18(25)22-16-8-6-14(7-9-16)19(20)23-26;1-13-4-3-5-16(10-13)14(2)21-18(23)11-19(24)22-17-8-6-15(12-20)7-9-17;1-2-17-12(16)7-11(15)14-10-5-3-9(8-13)4-6-10;11-6-7-1-3-8(4-2-7)12-9(13)5-10(14)15;;;;;1-2;;;;;/h3,5-10,13,26H,11H2,1-2H3,(H2,20,23)(H,21,24)(H,22,25);3,5-10,14H,11H2,1-2H3,(H,21,23)(H,22,24);3-6H,2,7H2,1H3,(H,14,15);1-4H,5H2,(H,12,13)(H,14,15);3*1H3;1H;2H,1H2;;1H2;;;/q2*-1;;;3*-1;;;+1;;;;/p-1. The van der Waals surface area contributed by atoms with Crippen molar-refractivity contribution in [2.75, 3.05) is 27.9 Å². The van der Waals surface area contributed by atoms with E-state index >= 15 is 0 Å². The van der Waals surface area contributed by atoms with Crippen LogP contribution in [-0.4, -0.2) is 80.8 Å². The van der Waals surface area contributed by atoms with Crippen LogP contribution in [0.25, 0.3) is 0 Å². The summed E-state index contributed by atoms with van der Waals surface area (Å²) in [6.07, 6.45) is -1.43. The smallest absolute Gasteiger partial charge is 0.870 e. The van der Waals surface area contributed by atoms with Gasteiger partial charge in [0.05, 0.1) is 41.5 Å². The number of carbonyl (C=O) groups is 8. The molecule has 0 aliphatic heterocycles. The number of benzene rings is 6. The molecule has 0 saturated carbocycles. The van der Waals surface area contributed by atoms with Crippen LogP contribution in [0, 0.1) is 82.3 Å². The third kappa shape index (κ3) is 43.8. The van der Waals surface area contributed by atoms with Crippen molar-refractivity contribution in [2.24, 2.45) is 16.8 Å². The number of nitrogens with two attached hydrogens (primary N) is 2. The second-order valence-corrected chi connectivity index (χ2v) is 17.4. The molecule has 2 radical (unpaired) electrons. The minimum atomic E-state index is -1.18. The number of aliphatic carboxylic acids is 1. The first-order chi connectivity index (χ1) is 40.1. The maximum atomic E-state index is 12.1. The average molecular weight is 1640 g/mol. The van der Waals surface area contributed by atoms with Crippen LogP contribution in [0.1, 0.15) is 103 Å². The first-order valence-electron chi connectivity index (χ1n) is 25.1. The number of hydrogen-bond acceptors (Lipinski definition) is 17. The fourth-order valence-corrected chi connectivity index (χ4v) is 6.77. The summed E-state index contributed by atoms with van der Waals surface area (Å²) in [5.74, 6) is -0.830. The number of halogens is 1. The van der Waals surface area contributed by atoms with Crippen LogP contribution in [0.3, 0.4) is 0 Å². The molecule has 0 heterocycles. The molecule has 0 aromatic heterocycles. The van der Waals surface area contributed by atoms with Gasteiger partial charge in [-0.2, -0.15) is 75.4 Å². The van der Waals surface area contributed by atoms with E-state index in [9.17, 15) is 38.4 Å². The molecule has 0 spiro atoms. The van der Waals surface area contributed by atoms with Crippen LogP contribution in [0.2, 0.25) is 0 Å². The first-order valence-corrected chi connectivity index (χ1v) is 25.1. The zero-order valence-electron chi connectivity index (χ0n) is 52.7. The summed E-state index contributed by atoms with van der Waals surface area (Å²) in [7, 11) is 0. The zero-order valence-corrected chi connectivity index (χ0v) is 64.2. The average Bonchev–Trinajstić information content (AvgIpc) is 3.66. The summed E-state index contributed by atoms with van der Waals surface area (Å²) >= 11 is 0. The largest absolute Gasteiger partial charge is 1.00 e. The van der Waals surface area contributed by atoms with E-state index < -0.39 is 42.0 Å². The topological polar surface area (TPSA) is 444 Å². The summed E-state index contributed by atoms with van der Waals surface area (Å²) in [5.41, 5.74) is 13.5. The number of nitriles is 3. The van der Waals surface area contributed by atoms with Crippen LogP contribution in [-0.2, 0) is 129 Å². The maximum Gasteiger partial charge on any atom is 1.00 e. The normalized spacial score (nSPS) is 9.53. The Bertz CT molecular complexity index is 3380. The Kier molecular flexibility index (Phi) is 63.8. The van der Waals surface area contributed by atoms with Gasteiger partial charge in [-0.1, -0.05) is 19.0 Å². The molecule has 492 valence electrons. The van der Waals surface area contributed by atoms with Gasteiger partial charge in [0.25, 0.3) is 0 Å². The van der Waals surface area contributed by atoms with Crippen molar-refractivity contribution < 1.29 is 179 Å². The molecule has 0 fully saturated rings. The Morgan fingerprint density at radius 1 is 0.548 bits per heavy atom. The molecule has 30 heteroatoms. The Hall–Kier alpha value is -6.70. The van der Waals surface area contributed by atoms with Gasteiger partial charge in [-0.25, -0.2) is 5.90 Å². The van der Waals surface area contributed by atoms with Gasteiger partial charge in [0.2, 0.25) is 35.4 Å². The van der Waals surface area contributed by atoms with Crippen LogP contribution in [0.4, 0.5) is 22.7 Å². The van der Waals surface area contributed by atoms with Crippen LogP contribution >= 0.6 is 24.0 Å². The van der Waals surface area contributed by atoms with Crippen LogP contribution < -0.4 is 73.1 Å². The summed E-state index contributed by atoms with van der Waals surface area (Å²) in [4.78, 5) is 91.6. The number of aryl methyl sites for hydroxylation is 2. The number of amides is 6. The first kappa shape index (κ1) is 102. The van der Waals surface area contributed by atoms with Gasteiger partial charge in [0, 0.05) is 126 Å². The second kappa shape index (κ2) is 57.9. The number of nitrogens with zero attached hydrogens (tertiary/aromatic N) is 4. The summed E-state index contributed by atoms with van der Waals surface area (Å²) < 4.78 is 4.64. The molecule has 25 nitrogen and oxygen atoms in total. The quantitative estimate of drug-likeness (QED) is 0.00581. The van der Waals surface area contributed by atoms with Gasteiger partial charge >= 0.3 is 41.5 Å². The fourth-order valence-electron chi connectivity index (χ4n) is 6.77. The molecule has 2 atom stereocenters. The number of esters is 1. The van der Waals surface area contributed by atoms with Gasteiger partial charge in [-0.15, -0.1) is 35.1 Å². The summed E-state index contributed by atoms with van der Waals surface area (Å²) in [5, 5.41) is 68.0. The molecule has 93 heavy (non-hydrogen) atoms. The molecule has 2 unspecified atom stereocenters. The monoisotopic (exact) mass is 1640 g/mol. The maximum absolute atomic E-state index is 12.1. The number of rotatable bonds is 18. The Morgan fingerprint density at radius 2 is 0.839 bits per heavy atom. The van der Waals surface area contributed by atoms with Crippen molar-refractivity contribution in [3.05, 3.63) is 212 Å². The number of ether oxygens (including phenoxy) is 1. The van der Waals surface area contributed by atoms with E-state index in [1.165, 1.54) is 24.3 Å². The zero-order chi connectivity index (χ0) is 62.6. The predicted molar refractivity (Wildman–Crippen MR) is 345 cm³/mol. The number of carboxylic acid groups (broad SMARTS) is 1. The van der Waals surface area contributed by atoms with Gasteiger partial charge in [0.15, 0.2) is 5.84 Å². The molecule has 6 rings (SSSR count). The molecule has 0 aliphatic carbocycles. The van der Waals surface area contributed by atoms with Gasteiger partial charge < -0.3 is 85.6 Å². The number of amidine groups is 1. The van der Waals surface area contributed by atoms with Crippen molar-refractivity contribution in [1.29, 1.82) is 15.8 Å².